The van der Waals surface area contributed by atoms with Gasteiger partial charge >= 0.3 is 0 Å². The first-order valence-corrected chi connectivity index (χ1v) is 8.33. The summed E-state index contributed by atoms with van der Waals surface area (Å²) < 4.78 is 0. The number of rotatable bonds is 5. The molecule has 2 aliphatic rings. The molecule has 0 aromatic carbocycles. The molecule has 0 radical (unpaired) electrons. The number of hydrogen-bond donors (Lipinski definition) is 1. The lowest BCUT2D eigenvalue weighted by Crippen LogP contribution is -2.60. The van der Waals surface area contributed by atoms with Crippen LogP contribution in [0.1, 0.15) is 60.3 Å². The quantitative estimate of drug-likeness (QED) is 0.819. The van der Waals surface area contributed by atoms with Crippen LogP contribution in [0.4, 0.5) is 0 Å². The molecule has 2 unspecified atom stereocenters. The Kier molecular flexibility index (Phi) is 4.94. The predicted molar refractivity (Wildman–Crippen MR) is 83.4 cm³/mol. The molecular formula is C17H34N2. The van der Waals surface area contributed by atoms with Crippen molar-refractivity contribution in [2.24, 2.45) is 17.3 Å². The summed E-state index contributed by atoms with van der Waals surface area (Å²) in [6, 6.07) is 1.41. The maximum absolute atomic E-state index is 3.81. The third-order valence-electron chi connectivity index (χ3n) is 4.84. The summed E-state index contributed by atoms with van der Waals surface area (Å²) in [7, 11) is 0. The lowest BCUT2D eigenvalue weighted by Gasteiger charge is -2.45. The molecule has 1 heterocycles. The van der Waals surface area contributed by atoms with E-state index >= 15 is 0 Å². The number of piperazine rings is 1. The molecule has 0 spiro atoms. The molecule has 0 bridgehead atoms. The van der Waals surface area contributed by atoms with Crippen molar-refractivity contribution in [3.63, 3.8) is 0 Å². The normalized spacial score (nSPS) is 30.0. The highest BCUT2D eigenvalue weighted by Crippen LogP contribution is 2.33. The van der Waals surface area contributed by atoms with Gasteiger partial charge in [-0.2, -0.15) is 0 Å². The summed E-state index contributed by atoms with van der Waals surface area (Å²) in [4.78, 5) is 2.80. The van der Waals surface area contributed by atoms with Gasteiger partial charge in [0.05, 0.1) is 0 Å². The summed E-state index contributed by atoms with van der Waals surface area (Å²) in [6.45, 7) is 15.6. The molecule has 2 rings (SSSR count). The van der Waals surface area contributed by atoms with Crippen LogP contribution in [0.25, 0.3) is 0 Å². The van der Waals surface area contributed by atoms with E-state index in [0.29, 0.717) is 11.5 Å². The highest BCUT2D eigenvalue weighted by molar-refractivity contribution is 4.92. The zero-order valence-corrected chi connectivity index (χ0v) is 13.7. The topological polar surface area (TPSA) is 15.3 Å². The van der Waals surface area contributed by atoms with Crippen molar-refractivity contribution in [3.8, 4) is 0 Å². The summed E-state index contributed by atoms with van der Waals surface area (Å²) >= 11 is 0. The number of hydrogen-bond acceptors (Lipinski definition) is 2. The van der Waals surface area contributed by atoms with Crippen molar-refractivity contribution in [1.29, 1.82) is 0 Å². The van der Waals surface area contributed by atoms with Crippen LogP contribution in [0.3, 0.4) is 0 Å². The highest BCUT2D eigenvalue weighted by Gasteiger charge is 2.34. The Morgan fingerprint density at radius 3 is 2.42 bits per heavy atom. The molecule has 1 aliphatic carbocycles. The maximum Gasteiger partial charge on any atom is 0.0244 e. The fourth-order valence-electron chi connectivity index (χ4n) is 3.24. The highest BCUT2D eigenvalue weighted by atomic mass is 15.2. The molecule has 2 atom stereocenters. The smallest absolute Gasteiger partial charge is 0.0244 e. The van der Waals surface area contributed by atoms with Crippen molar-refractivity contribution in [1.82, 2.24) is 10.2 Å². The third kappa shape index (κ3) is 4.75. The van der Waals surface area contributed by atoms with Gasteiger partial charge in [0.2, 0.25) is 0 Å². The van der Waals surface area contributed by atoms with Gasteiger partial charge in [0, 0.05) is 25.2 Å². The van der Waals surface area contributed by atoms with Crippen LogP contribution in [0.5, 0.6) is 0 Å². The van der Waals surface area contributed by atoms with Crippen molar-refractivity contribution in [3.05, 3.63) is 0 Å². The van der Waals surface area contributed by atoms with Crippen LogP contribution in [0.2, 0.25) is 0 Å². The predicted octanol–water partition coefficient (Wildman–Crippen LogP) is 3.52. The van der Waals surface area contributed by atoms with Crippen LogP contribution in [-0.4, -0.2) is 36.6 Å². The van der Waals surface area contributed by atoms with Crippen LogP contribution in [0, 0.1) is 17.3 Å². The lowest BCUT2D eigenvalue weighted by atomic mass is 9.84. The van der Waals surface area contributed by atoms with E-state index in [9.17, 15) is 0 Å². The molecule has 2 fully saturated rings. The van der Waals surface area contributed by atoms with Gasteiger partial charge in [0.15, 0.2) is 0 Å². The third-order valence-corrected chi connectivity index (χ3v) is 4.84. The van der Waals surface area contributed by atoms with E-state index < -0.39 is 0 Å². The Morgan fingerprint density at radius 1 is 1.21 bits per heavy atom. The minimum atomic E-state index is 0.376. The van der Waals surface area contributed by atoms with Crippen molar-refractivity contribution in [2.75, 3.05) is 19.6 Å². The Balaban J connectivity index is 1.91. The summed E-state index contributed by atoms with van der Waals surface area (Å²) in [5.74, 6) is 1.86. The average Bonchev–Trinajstić information content (AvgIpc) is 3.09. The monoisotopic (exact) mass is 266 g/mol. The molecular weight excluding hydrogens is 232 g/mol. The Labute approximate surface area is 120 Å². The Morgan fingerprint density at radius 2 is 1.89 bits per heavy atom. The molecule has 0 aromatic heterocycles. The second kappa shape index (κ2) is 6.13. The van der Waals surface area contributed by atoms with Gasteiger partial charge in [-0.15, -0.1) is 0 Å². The van der Waals surface area contributed by atoms with Gasteiger partial charge in [-0.05, 0) is 36.6 Å². The SMILES string of the molecule is CC(C)CC1CNC(C(C)(C)C)CN1CCC1CC1. The van der Waals surface area contributed by atoms with Gasteiger partial charge in [0.25, 0.3) is 0 Å². The summed E-state index contributed by atoms with van der Waals surface area (Å²) in [5, 5.41) is 3.81. The van der Waals surface area contributed by atoms with Gasteiger partial charge in [-0.1, -0.05) is 47.5 Å². The van der Waals surface area contributed by atoms with Gasteiger partial charge in [0.1, 0.15) is 0 Å². The van der Waals surface area contributed by atoms with Crippen LogP contribution in [0.15, 0.2) is 0 Å². The summed E-state index contributed by atoms with van der Waals surface area (Å²) in [6.07, 6.45) is 5.76. The summed E-state index contributed by atoms with van der Waals surface area (Å²) in [5.41, 5.74) is 0.376. The fraction of sp³-hybridized carbons (Fsp3) is 1.00. The van der Waals surface area contributed by atoms with Crippen LogP contribution >= 0.6 is 0 Å². The molecule has 1 N–H and O–H groups in total. The van der Waals surface area contributed by atoms with E-state index in [-0.39, 0.29) is 0 Å². The molecule has 0 aromatic rings. The van der Waals surface area contributed by atoms with E-state index in [1.165, 1.54) is 45.3 Å². The molecule has 1 aliphatic heterocycles. The van der Waals surface area contributed by atoms with Crippen molar-refractivity contribution in [2.45, 2.75) is 72.4 Å². The first-order valence-electron chi connectivity index (χ1n) is 8.33. The zero-order valence-electron chi connectivity index (χ0n) is 13.7. The molecule has 1 saturated heterocycles. The molecule has 2 heteroatoms. The number of nitrogens with one attached hydrogen (secondary N) is 1. The maximum atomic E-state index is 3.81. The minimum Gasteiger partial charge on any atom is -0.311 e. The second-order valence-corrected chi connectivity index (χ2v) is 8.34. The van der Waals surface area contributed by atoms with E-state index in [1.807, 2.05) is 0 Å². The fourth-order valence-corrected chi connectivity index (χ4v) is 3.24. The van der Waals surface area contributed by atoms with Crippen molar-refractivity contribution < 1.29 is 0 Å². The molecule has 1 saturated carbocycles. The average molecular weight is 266 g/mol. The zero-order chi connectivity index (χ0) is 14.0. The van der Waals surface area contributed by atoms with E-state index in [1.54, 1.807) is 0 Å². The van der Waals surface area contributed by atoms with Gasteiger partial charge in [-0.25, -0.2) is 0 Å². The first-order chi connectivity index (χ1) is 8.86. The minimum absolute atomic E-state index is 0.376. The van der Waals surface area contributed by atoms with Crippen LogP contribution < -0.4 is 5.32 Å². The van der Waals surface area contributed by atoms with E-state index in [2.05, 4.69) is 44.8 Å². The molecule has 0 amide bonds. The van der Waals surface area contributed by atoms with Crippen LogP contribution in [-0.2, 0) is 0 Å². The second-order valence-electron chi connectivity index (χ2n) is 8.34. The van der Waals surface area contributed by atoms with Crippen molar-refractivity contribution >= 4 is 0 Å². The van der Waals surface area contributed by atoms with Gasteiger partial charge in [-0.3, -0.25) is 4.90 Å². The molecule has 19 heavy (non-hydrogen) atoms. The van der Waals surface area contributed by atoms with E-state index in [4.69, 9.17) is 0 Å². The molecule has 2 nitrogen and oxygen atoms in total. The number of nitrogens with zero attached hydrogens (tertiary/aromatic N) is 1. The Bertz CT molecular complexity index is 275. The van der Waals surface area contributed by atoms with E-state index in [0.717, 1.165) is 17.9 Å². The lowest BCUT2D eigenvalue weighted by molar-refractivity contribution is 0.0730. The Hall–Kier alpha value is -0.0800. The van der Waals surface area contributed by atoms with Gasteiger partial charge < -0.3 is 5.32 Å². The largest absolute Gasteiger partial charge is 0.311 e. The molecule has 112 valence electrons. The first kappa shape index (κ1) is 15.3. The standard InChI is InChI=1S/C17H34N2/c1-13(2)10-15-11-18-16(17(3,4)5)12-19(15)9-8-14-6-7-14/h13-16,18H,6-12H2,1-5H3.